The van der Waals surface area contributed by atoms with Crippen molar-refractivity contribution in [2.24, 2.45) is 0 Å². The van der Waals surface area contributed by atoms with Crippen molar-refractivity contribution in [2.75, 3.05) is 12.4 Å². The minimum atomic E-state index is 0.320. The van der Waals surface area contributed by atoms with E-state index in [9.17, 15) is 0 Å². The van der Waals surface area contributed by atoms with Crippen LogP contribution >= 0.6 is 11.6 Å². The van der Waals surface area contributed by atoms with E-state index in [-0.39, 0.29) is 0 Å². The standard InChI is InChI=1S/C12H15ClN4O2/c1-7-9(8(2)19-17-7)5-14-11-4-10(13)15-12(16-11)6-18-3/h4H,5-6H2,1-3H3,(H,14,15,16). The van der Waals surface area contributed by atoms with E-state index in [0.717, 1.165) is 17.0 Å². The smallest absolute Gasteiger partial charge is 0.158 e. The third kappa shape index (κ3) is 3.42. The molecule has 0 fully saturated rings. The van der Waals surface area contributed by atoms with Gasteiger partial charge in [-0.3, -0.25) is 0 Å². The molecule has 102 valence electrons. The molecule has 0 bridgehead atoms. The van der Waals surface area contributed by atoms with Gasteiger partial charge in [0.1, 0.15) is 23.3 Å². The zero-order chi connectivity index (χ0) is 13.8. The highest BCUT2D eigenvalue weighted by Crippen LogP contribution is 2.16. The SMILES string of the molecule is COCc1nc(Cl)cc(NCc2c(C)noc2C)n1. The summed E-state index contributed by atoms with van der Waals surface area (Å²) in [6.45, 7) is 4.67. The number of rotatable bonds is 5. The van der Waals surface area contributed by atoms with E-state index < -0.39 is 0 Å². The van der Waals surface area contributed by atoms with Gasteiger partial charge in [0.25, 0.3) is 0 Å². The minimum absolute atomic E-state index is 0.320. The van der Waals surface area contributed by atoms with Gasteiger partial charge in [-0.25, -0.2) is 9.97 Å². The zero-order valence-electron chi connectivity index (χ0n) is 11.0. The summed E-state index contributed by atoms with van der Waals surface area (Å²) in [6.07, 6.45) is 0. The van der Waals surface area contributed by atoms with E-state index in [0.29, 0.717) is 29.9 Å². The molecule has 0 spiro atoms. The van der Waals surface area contributed by atoms with Crippen molar-refractivity contribution < 1.29 is 9.26 Å². The zero-order valence-corrected chi connectivity index (χ0v) is 11.8. The van der Waals surface area contributed by atoms with Crippen molar-refractivity contribution in [3.63, 3.8) is 0 Å². The van der Waals surface area contributed by atoms with Crippen LogP contribution in [0.25, 0.3) is 0 Å². The van der Waals surface area contributed by atoms with Gasteiger partial charge >= 0.3 is 0 Å². The highest BCUT2D eigenvalue weighted by Gasteiger charge is 2.09. The molecule has 6 nitrogen and oxygen atoms in total. The summed E-state index contributed by atoms with van der Waals surface area (Å²) < 4.78 is 10.1. The van der Waals surface area contributed by atoms with Crippen molar-refractivity contribution in [1.29, 1.82) is 0 Å². The lowest BCUT2D eigenvalue weighted by molar-refractivity contribution is 0.178. The molecule has 2 heterocycles. The Morgan fingerprint density at radius 2 is 2.16 bits per heavy atom. The van der Waals surface area contributed by atoms with Gasteiger partial charge in [-0.2, -0.15) is 0 Å². The average Bonchev–Trinajstić information content (AvgIpc) is 2.66. The first-order valence-electron chi connectivity index (χ1n) is 5.78. The van der Waals surface area contributed by atoms with Crippen LogP contribution in [0.4, 0.5) is 5.82 Å². The van der Waals surface area contributed by atoms with Crippen molar-refractivity contribution >= 4 is 17.4 Å². The molecular formula is C12H15ClN4O2. The number of aryl methyl sites for hydroxylation is 2. The summed E-state index contributed by atoms with van der Waals surface area (Å²) in [5, 5.41) is 7.45. The first kappa shape index (κ1) is 13.8. The van der Waals surface area contributed by atoms with Crippen molar-refractivity contribution in [1.82, 2.24) is 15.1 Å². The molecule has 1 N–H and O–H groups in total. The van der Waals surface area contributed by atoms with Crippen LogP contribution in [0.5, 0.6) is 0 Å². The van der Waals surface area contributed by atoms with Crippen molar-refractivity contribution in [2.45, 2.75) is 27.0 Å². The van der Waals surface area contributed by atoms with Crippen LogP contribution in [0.15, 0.2) is 10.6 Å². The molecule has 0 saturated heterocycles. The Morgan fingerprint density at radius 3 is 2.79 bits per heavy atom. The lowest BCUT2D eigenvalue weighted by atomic mass is 10.2. The molecule has 0 aliphatic heterocycles. The highest BCUT2D eigenvalue weighted by molar-refractivity contribution is 6.29. The number of hydrogen-bond acceptors (Lipinski definition) is 6. The molecule has 2 rings (SSSR count). The third-order valence-electron chi connectivity index (χ3n) is 2.64. The van der Waals surface area contributed by atoms with Crippen molar-refractivity contribution in [3.8, 4) is 0 Å². The van der Waals surface area contributed by atoms with E-state index in [1.165, 1.54) is 0 Å². The quantitative estimate of drug-likeness (QED) is 0.850. The number of nitrogens with one attached hydrogen (secondary N) is 1. The fourth-order valence-corrected chi connectivity index (χ4v) is 1.88. The second kappa shape index (κ2) is 5.99. The molecule has 0 saturated carbocycles. The van der Waals surface area contributed by atoms with Gasteiger partial charge < -0.3 is 14.6 Å². The maximum Gasteiger partial charge on any atom is 0.158 e. The Hall–Kier alpha value is -1.66. The van der Waals surface area contributed by atoms with E-state index in [4.69, 9.17) is 20.9 Å². The summed E-state index contributed by atoms with van der Waals surface area (Å²) in [7, 11) is 1.58. The molecule has 0 radical (unpaired) electrons. The molecule has 0 amide bonds. The first-order valence-corrected chi connectivity index (χ1v) is 6.16. The van der Waals surface area contributed by atoms with Crippen LogP contribution < -0.4 is 5.32 Å². The summed E-state index contributed by atoms with van der Waals surface area (Å²) in [4.78, 5) is 8.36. The predicted molar refractivity (Wildman–Crippen MR) is 71.1 cm³/mol. The Kier molecular flexibility index (Phi) is 4.34. The topological polar surface area (TPSA) is 73.1 Å². The third-order valence-corrected chi connectivity index (χ3v) is 2.84. The lowest BCUT2D eigenvalue weighted by Crippen LogP contribution is -2.06. The molecular weight excluding hydrogens is 268 g/mol. The molecule has 0 aliphatic carbocycles. The van der Waals surface area contributed by atoms with Gasteiger partial charge in [0.2, 0.25) is 0 Å². The van der Waals surface area contributed by atoms with E-state index >= 15 is 0 Å². The molecule has 2 aromatic rings. The Morgan fingerprint density at radius 1 is 1.37 bits per heavy atom. The van der Waals surface area contributed by atoms with Crippen LogP contribution in [0.3, 0.4) is 0 Å². The van der Waals surface area contributed by atoms with Crippen molar-refractivity contribution in [3.05, 3.63) is 34.1 Å². The molecule has 0 atom stereocenters. The van der Waals surface area contributed by atoms with Crippen LogP contribution in [0, 0.1) is 13.8 Å². The molecule has 7 heteroatoms. The fraction of sp³-hybridized carbons (Fsp3) is 0.417. The number of anilines is 1. The number of methoxy groups -OCH3 is 1. The number of halogens is 1. The Labute approximate surface area is 116 Å². The van der Waals surface area contributed by atoms with Crippen LogP contribution in [-0.2, 0) is 17.9 Å². The molecule has 0 aliphatic rings. The molecule has 0 unspecified atom stereocenters. The Bertz CT molecular complexity index is 551. The lowest BCUT2D eigenvalue weighted by Gasteiger charge is -2.07. The van der Waals surface area contributed by atoms with Gasteiger partial charge in [-0.15, -0.1) is 0 Å². The highest BCUT2D eigenvalue weighted by atomic mass is 35.5. The molecule has 0 aromatic carbocycles. The number of hydrogen-bond donors (Lipinski definition) is 1. The van der Waals surface area contributed by atoms with Gasteiger partial charge in [-0.1, -0.05) is 16.8 Å². The molecule has 19 heavy (non-hydrogen) atoms. The predicted octanol–water partition coefficient (Wildman–Crippen LogP) is 2.49. The monoisotopic (exact) mass is 282 g/mol. The van der Waals surface area contributed by atoms with E-state index in [2.05, 4.69) is 20.4 Å². The summed E-state index contributed by atoms with van der Waals surface area (Å²) in [5.41, 5.74) is 1.88. The Balaban J connectivity index is 2.11. The first-order chi connectivity index (χ1) is 9.10. The number of aromatic nitrogens is 3. The van der Waals surface area contributed by atoms with Gasteiger partial charge in [0.05, 0.1) is 5.69 Å². The maximum absolute atomic E-state index is 5.93. The summed E-state index contributed by atoms with van der Waals surface area (Å²) in [6, 6.07) is 1.67. The van der Waals surface area contributed by atoms with Gasteiger partial charge in [0.15, 0.2) is 5.82 Å². The number of nitrogens with zero attached hydrogens (tertiary/aromatic N) is 3. The normalized spacial score (nSPS) is 10.7. The van der Waals surface area contributed by atoms with Gasteiger partial charge in [0, 0.05) is 25.3 Å². The van der Waals surface area contributed by atoms with Crippen LogP contribution in [0.2, 0.25) is 5.15 Å². The van der Waals surface area contributed by atoms with Gasteiger partial charge in [-0.05, 0) is 13.8 Å². The maximum atomic E-state index is 5.93. The van der Waals surface area contributed by atoms with Crippen LogP contribution in [0.1, 0.15) is 22.8 Å². The largest absolute Gasteiger partial charge is 0.377 e. The fourth-order valence-electron chi connectivity index (χ4n) is 1.68. The number of ether oxygens (including phenoxy) is 1. The molecule has 2 aromatic heterocycles. The summed E-state index contributed by atoms with van der Waals surface area (Å²) >= 11 is 5.93. The minimum Gasteiger partial charge on any atom is -0.377 e. The second-order valence-corrected chi connectivity index (χ2v) is 4.47. The van der Waals surface area contributed by atoms with Crippen LogP contribution in [-0.4, -0.2) is 22.2 Å². The van der Waals surface area contributed by atoms with E-state index in [1.807, 2.05) is 13.8 Å². The average molecular weight is 283 g/mol. The van der Waals surface area contributed by atoms with E-state index in [1.54, 1.807) is 13.2 Å². The summed E-state index contributed by atoms with van der Waals surface area (Å²) in [5.74, 6) is 1.98. The second-order valence-electron chi connectivity index (χ2n) is 4.08.